The maximum absolute atomic E-state index is 11.6. The largest absolute Gasteiger partial charge is 0.468 e. The number of carbonyl (C=O) groups excluding carboxylic acids is 1. The lowest BCUT2D eigenvalue weighted by molar-refractivity contribution is -0.143. The topological polar surface area (TPSA) is 38.3 Å². The van der Waals surface area contributed by atoms with Crippen LogP contribution in [-0.2, 0) is 9.53 Å². The molecule has 0 bridgehead atoms. The monoisotopic (exact) mass is 275 g/mol. The zero-order chi connectivity index (χ0) is 14.4. The first kappa shape index (κ1) is 15.0. The smallest absolute Gasteiger partial charge is 0.322 e. The Kier molecular flexibility index (Phi) is 5.60. The van der Waals surface area contributed by atoms with Gasteiger partial charge >= 0.3 is 5.97 Å². The van der Waals surface area contributed by atoms with E-state index in [0.717, 1.165) is 19.3 Å². The summed E-state index contributed by atoms with van der Waals surface area (Å²) in [5, 5.41) is 3.45. The molecule has 0 heterocycles. The van der Waals surface area contributed by atoms with Crippen molar-refractivity contribution in [3.63, 3.8) is 0 Å². The molecule has 1 atom stereocenters. The molecule has 0 radical (unpaired) electrons. The second kappa shape index (κ2) is 7.44. The van der Waals surface area contributed by atoms with Crippen LogP contribution < -0.4 is 5.32 Å². The first-order valence-electron chi connectivity index (χ1n) is 7.63. The standard InChI is InChI=1S/C17H25NO2/c1-3-16(17(19)20-2)18-15-11-9-14(10-12-15)13-7-5-4-6-8-13/h4-8,14-16,18H,3,9-12H2,1-2H3. The van der Waals surface area contributed by atoms with Crippen LogP contribution in [0.1, 0.15) is 50.5 Å². The van der Waals surface area contributed by atoms with Crippen molar-refractivity contribution in [2.24, 2.45) is 0 Å². The first-order valence-corrected chi connectivity index (χ1v) is 7.63. The number of nitrogens with one attached hydrogen (secondary N) is 1. The predicted molar refractivity (Wildman–Crippen MR) is 80.7 cm³/mol. The molecule has 0 aromatic heterocycles. The molecule has 3 heteroatoms. The van der Waals surface area contributed by atoms with Gasteiger partial charge in [-0.05, 0) is 43.6 Å². The second-order valence-electron chi connectivity index (χ2n) is 5.61. The van der Waals surface area contributed by atoms with Crippen molar-refractivity contribution in [3.8, 4) is 0 Å². The average molecular weight is 275 g/mol. The highest BCUT2D eigenvalue weighted by Crippen LogP contribution is 2.32. The van der Waals surface area contributed by atoms with Crippen molar-refractivity contribution in [3.05, 3.63) is 35.9 Å². The summed E-state index contributed by atoms with van der Waals surface area (Å²) < 4.78 is 4.83. The minimum absolute atomic E-state index is 0.141. The van der Waals surface area contributed by atoms with Gasteiger partial charge in [-0.15, -0.1) is 0 Å². The summed E-state index contributed by atoms with van der Waals surface area (Å²) in [6, 6.07) is 11.0. The number of carbonyl (C=O) groups is 1. The molecule has 1 saturated carbocycles. The molecule has 0 aliphatic heterocycles. The minimum atomic E-state index is -0.154. The van der Waals surface area contributed by atoms with Crippen LogP contribution in [0.25, 0.3) is 0 Å². The molecule has 0 spiro atoms. The number of rotatable bonds is 5. The quantitative estimate of drug-likeness (QED) is 0.838. The van der Waals surface area contributed by atoms with Crippen LogP contribution in [0.2, 0.25) is 0 Å². The van der Waals surface area contributed by atoms with Gasteiger partial charge < -0.3 is 10.1 Å². The number of ether oxygens (including phenoxy) is 1. The van der Waals surface area contributed by atoms with Crippen LogP contribution in [0.3, 0.4) is 0 Å². The van der Waals surface area contributed by atoms with Crippen molar-refractivity contribution in [2.75, 3.05) is 7.11 Å². The fourth-order valence-corrected chi connectivity index (χ4v) is 3.10. The van der Waals surface area contributed by atoms with E-state index < -0.39 is 0 Å². The first-order chi connectivity index (χ1) is 9.74. The maximum Gasteiger partial charge on any atom is 0.322 e. The lowest BCUT2D eigenvalue weighted by Gasteiger charge is -2.31. The highest BCUT2D eigenvalue weighted by Gasteiger charge is 2.26. The summed E-state index contributed by atoms with van der Waals surface area (Å²) >= 11 is 0. The van der Waals surface area contributed by atoms with Crippen molar-refractivity contribution in [1.29, 1.82) is 0 Å². The Morgan fingerprint density at radius 2 is 1.90 bits per heavy atom. The van der Waals surface area contributed by atoms with Gasteiger partial charge in [0.1, 0.15) is 6.04 Å². The number of benzene rings is 1. The average Bonchev–Trinajstić information content (AvgIpc) is 2.53. The molecule has 1 aromatic rings. The summed E-state index contributed by atoms with van der Waals surface area (Å²) in [6.07, 6.45) is 5.43. The van der Waals surface area contributed by atoms with Crippen LogP contribution in [0, 0.1) is 0 Å². The normalized spacial score (nSPS) is 24.1. The number of hydrogen-bond donors (Lipinski definition) is 1. The number of methoxy groups -OCH3 is 1. The number of esters is 1. The molecule has 2 rings (SSSR count). The molecule has 0 amide bonds. The van der Waals surface area contributed by atoms with E-state index in [0.29, 0.717) is 12.0 Å². The Balaban J connectivity index is 1.84. The molecule has 1 unspecified atom stereocenters. The SMILES string of the molecule is CCC(NC1CCC(c2ccccc2)CC1)C(=O)OC. The Hall–Kier alpha value is -1.35. The van der Waals surface area contributed by atoms with Crippen LogP contribution in [0.5, 0.6) is 0 Å². The van der Waals surface area contributed by atoms with Crippen molar-refractivity contribution in [1.82, 2.24) is 5.32 Å². The summed E-state index contributed by atoms with van der Waals surface area (Å²) in [7, 11) is 1.46. The highest BCUT2D eigenvalue weighted by molar-refractivity contribution is 5.75. The summed E-state index contributed by atoms with van der Waals surface area (Å²) in [4.78, 5) is 11.6. The van der Waals surface area contributed by atoms with Crippen LogP contribution in [0.4, 0.5) is 0 Å². The van der Waals surface area contributed by atoms with E-state index in [4.69, 9.17) is 4.74 Å². The van der Waals surface area contributed by atoms with Gasteiger partial charge in [0.15, 0.2) is 0 Å². The third-order valence-corrected chi connectivity index (χ3v) is 4.33. The molecular formula is C17H25NO2. The fourth-order valence-electron chi connectivity index (χ4n) is 3.10. The van der Waals surface area contributed by atoms with Crippen LogP contribution in [-0.4, -0.2) is 25.2 Å². The van der Waals surface area contributed by atoms with E-state index in [-0.39, 0.29) is 12.0 Å². The third-order valence-electron chi connectivity index (χ3n) is 4.33. The van der Waals surface area contributed by atoms with Crippen LogP contribution in [0.15, 0.2) is 30.3 Å². The van der Waals surface area contributed by atoms with Gasteiger partial charge in [0.05, 0.1) is 7.11 Å². The van der Waals surface area contributed by atoms with Crippen molar-refractivity contribution < 1.29 is 9.53 Å². The Bertz CT molecular complexity index is 410. The molecule has 20 heavy (non-hydrogen) atoms. The van der Waals surface area contributed by atoms with Gasteiger partial charge in [0, 0.05) is 6.04 Å². The number of hydrogen-bond acceptors (Lipinski definition) is 3. The lowest BCUT2D eigenvalue weighted by atomic mass is 9.81. The molecule has 110 valence electrons. The molecule has 1 aromatic carbocycles. The summed E-state index contributed by atoms with van der Waals surface area (Å²) in [5.41, 5.74) is 1.45. The molecule has 0 saturated heterocycles. The van der Waals surface area contributed by atoms with E-state index in [1.54, 1.807) is 0 Å². The molecule has 1 aliphatic carbocycles. The van der Waals surface area contributed by atoms with Gasteiger partial charge in [0.25, 0.3) is 0 Å². The van der Waals surface area contributed by atoms with Gasteiger partial charge in [-0.2, -0.15) is 0 Å². The van der Waals surface area contributed by atoms with Gasteiger partial charge in [-0.3, -0.25) is 4.79 Å². The van der Waals surface area contributed by atoms with Crippen molar-refractivity contribution >= 4 is 5.97 Å². The summed E-state index contributed by atoms with van der Waals surface area (Å²) in [5.74, 6) is 0.533. The van der Waals surface area contributed by atoms with Crippen LogP contribution >= 0.6 is 0 Å². The van der Waals surface area contributed by atoms with Crippen molar-refractivity contribution in [2.45, 2.75) is 57.0 Å². The summed E-state index contributed by atoms with van der Waals surface area (Å²) in [6.45, 7) is 2.02. The molecule has 1 fully saturated rings. The Morgan fingerprint density at radius 1 is 1.25 bits per heavy atom. The lowest BCUT2D eigenvalue weighted by Crippen LogP contribution is -2.44. The van der Waals surface area contributed by atoms with Gasteiger partial charge in [0.2, 0.25) is 0 Å². The molecule has 1 aliphatic rings. The second-order valence-corrected chi connectivity index (χ2v) is 5.61. The van der Waals surface area contributed by atoms with Gasteiger partial charge in [-0.25, -0.2) is 0 Å². The van der Waals surface area contributed by atoms with E-state index >= 15 is 0 Å². The van der Waals surface area contributed by atoms with E-state index in [9.17, 15) is 4.79 Å². The minimum Gasteiger partial charge on any atom is -0.468 e. The Morgan fingerprint density at radius 3 is 2.45 bits per heavy atom. The zero-order valence-electron chi connectivity index (χ0n) is 12.5. The third kappa shape index (κ3) is 3.83. The highest BCUT2D eigenvalue weighted by atomic mass is 16.5. The molecule has 1 N–H and O–H groups in total. The van der Waals surface area contributed by atoms with E-state index in [1.165, 1.54) is 25.5 Å². The predicted octanol–water partition coefficient (Wildman–Crippen LogP) is 3.25. The molecule has 3 nitrogen and oxygen atoms in total. The van der Waals surface area contributed by atoms with Gasteiger partial charge in [-0.1, -0.05) is 37.3 Å². The van der Waals surface area contributed by atoms with E-state index in [2.05, 4.69) is 35.6 Å². The Labute approximate surface area is 121 Å². The fraction of sp³-hybridized carbons (Fsp3) is 0.588. The molecular weight excluding hydrogens is 250 g/mol. The van der Waals surface area contributed by atoms with E-state index in [1.807, 2.05) is 6.92 Å². The maximum atomic E-state index is 11.6. The zero-order valence-corrected chi connectivity index (χ0v) is 12.5.